The van der Waals surface area contributed by atoms with Gasteiger partial charge < -0.3 is 34.8 Å². The van der Waals surface area contributed by atoms with Gasteiger partial charge in [0.15, 0.2) is 0 Å². The summed E-state index contributed by atoms with van der Waals surface area (Å²) in [7, 11) is 28.5. The van der Waals surface area contributed by atoms with Gasteiger partial charge in [0.1, 0.15) is 11.5 Å². The maximum absolute atomic E-state index is 9.25. The van der Waals surface area contributed by atoms with Gasteiger partial charge in [0, 0.05) is 226 Å². The van der Waals surface area contributed by atoms with Gasteiger partial charge in [0.2, 0.25) is 0 Å². The molecule has 0 aliphatic carbocycles. The van der Waals surface area contributed by atoms with Gasteiger partial charge >= 0.3 is 69.1 Å². The number of hydrogen-bond donors (Lipinski definition) is 0. The van der Waals surface area contributed by atoms with Gasteiger partial charge in [-0.05, 0) is 109 Å². The third-order valence-electron chi connectivity index (χ3n) is 18.4. The molecule has 4 nitrogen and oxygen atoms in total. The van der Waals surface area contributed by atoms with Crippen molar-refractivity contribution in [3.63, 3.8) is 0 Å². The van der Waals surface area contributed by atoms with Gasteiger partial charge in [-0.15, -0.1) is 47.8 Å². The Morgan fingerprint density at radius 2 is 0.602 bits per heavy atom. The van der Waals surface area contributed by atoms with Crippen LogP contribution in [0.25, 0.3) is 76.8 Å². The summed E-state index contributed by atoms with van der Waals surface area (Å²) in [5.74, 6) is 1.73. The first-order valence-corrected chi connectivity index (χ1v) is 45.1. The van der Waals surface area contributed by atoms with E-state index in [1.807, 2.05) is 109 Å². The predicted octanol–water partition coefficient (Wildman–Crippen LogP) is 28.2. The molecule has 0 heterocycles. The summed E-state index contributed by atoms with van der Waals surface area (Å²) in [6, 6.07) is 99.5. The first kappa shape index (κ1) is 111. The van der Waals surface area contributed by atoms with Crippen molar-refractivity contribution in [2.75, 3.05) is 14.2 Å². The van der Waals surface area contributed by atoms with Crippen molar-refractivity contribution in [3.05, 3.63) is 397 Å². The molecule has 5 atom stereocenters. The van der Waals surface area contributed by atoms with E-state index in [4.69, 9.17) is 54.0 Å². The molecule has 606 valence electrons. The van der Waals surface area contributed by atoms with Crippen molar-refractivity contribution < 1.29 is 266 Å². The molecular weight excluding hydrogens is 1850 g/mol. The number of fused-ring (bicyclic) bond motifs is 4. The average Bonchev–Trinajstić information content (AvgIpc) is 0.788. The zero-order valence-electron chi connectivity index (χ0n) is 64.7. The molecule has 0 bridgehead atoms. The Bertz CT molecular complexity index is 4540. The van der Waals surface area contributed by atoms with Gasteiger partial charge in [0.25, 0.3) is 0 Å². The normalized spacial score (nSPS) is 10.9. The minimum absolute atomic E-state index is 0. The zero-order chi connectivity index (χ0) is 77.7. The molecule has 113 heavy (non-hydrogen) atoms. The van der Waals surface area contributed by atoms with Crippen LogP contribution in [0.4, 0.5) is 0 Å². The number of aryl methyl sites for hydroxylation is 6. The molecule has 0 aliphatic heterocycles. The van der Waals surface area contributed by atoms with Crippen molar-refractivity contribution in [3.8, 4) is 33.8 Å². The summed E-state index contributed by atoms with van der Waals surface area (Å²) in [4.78, 5) is 0. The SMILES string of the molecule is Cc1cc(C)cc(C)c1.Cc1cc(C)cc(C)c1.[Ar].[Ar].[Ar].[Ar].[Ar].[Ar].[CH2-][C@@H](C(C)C)C([NH-])(c1ccc(OC)cc1)c1ccc(OC)cc1.[CH2-][C@H](c1ccccc1)C([NH-])c1ccccc1.[CH2-]c1ccc2ccccc2c1-c1c(P)ccc2ccccc12.[CH2-]c1ccc2ccccc2c1-c1c(P)ccc2ccccc12.[Cl][Ru][Cl].[Cl][Ru][Cl]. The van der Waals surface area contributed by atoms with Crippen LogP contribution in [0.3, 0.4) is 0 Å². The molecule has 14 aromatic carbocycles. The molecular formula is C95H96Ar6Cl4N2O2P2Ru2-6. The minimum atomic E-state index is -0.924. The summed E-state index contributed by atoms with van der Waals surface area (Å²) in [6.07, 6.45) is 0. The second-order valence-corrected chi connectivity index (χ2v) is 33.1. The van der Waals surface area contributed by atoms with E-state index < -0.39 is 5.54 Å². The second kappa shape index (κ2) is 58.4. The third kappa shape index (κ3) is 33.3. The topological polar surface area (TPSA) is 66.1 Å². The molecule has 0 aromatic heterocycles. The van der Waals surface area contributed by atoms with Crippen LogP contribution in [0.1, 0.15) is 92.6 Å². The Labute approximate surface area is 891 Å². The van der Waals surface area contributed by atoms with Gasteiger partial charge in [0.05, 0.1) is 14.2 Å². The van der Waals surface area contributed by atoms with E-state index in [0.29, 0.717) is 0 Å². The molecule has 0 fully saturated rings. The van der Waals surface area contributed by atoms with E-state index in [2.05, 4.69) is 284 Å². The van der Waals surface area contributed by atoms with Gasteiger partial charge in [-0.2, -0.15) is 48.9 Å². The summed E-state index contributed by atoms with van der Waals surface area (Å²) in [6.45, 7) is 33.9. The van der Waals surface area contributed by atoms with Crippen LogP contribution in [0.5, 0.6) is 11.5 Å². The first-order valence-electron chi connectivity index (χ1n) is 35.0. The van der Waals surface area contributed by atoms with Crippen molar-refractivity contribution in [2.24, 2.45) is 11.8 Å². The molecule has 18 heteroatoms. The van der Waals surface area contributed by atoms with Gasteiger partial charge in [-0.1, -0.05) is 345 Å². The molecule has 0 saturated heterocycles. The van der Waals surface area contributed by atoms with Gasteiger partial charge in [-0.25, -0.2) is 0 Å². The van der Waals surface area contributed by atoms with Gasteiger partial charge in [-0.3, -0.25) is 0 Å². The van der Waals surface area contributed by atoms with Crippen molar-refractivity contribution in [1.29, 1.82) is 0 Å². The van der Waals surface area contributed by atoms with E-state index in [9.17, 15) is 5.73 Å². The number of ether oxygens (including phenoxy) is 2. The molecule has 14 rings (SSSR count). The van der Waals surface area contributed by atoms with E-state index in [1.54, 1.807) is 14.2 Å². The number of methoxy groups -OCH3 is 2. The standard InChI is InChI=1S/2C21H16P.C20H25NO2.C15H15N.2C9H12.6Ar.4ClH.2Ru/c2*1-14-10-11-15-6-2-4-8-17(15)20(14)21-18-9-5-3-7-16(18)12-13-19(21)22;1-14(2)15(3)20(21,16-6-10-18(22-4)11-7-16)17-8-12-19(23-5)13-9-17;1-12(13-8-4-2-5-9-13)15(16)14-10-6-3-7-11-14;2*1-7-4-8(2)6-9(3)5-7;;;;;;;;;;;;/h2*2-13H,1,22H2;6-15,21H,3H2,1-2,4-5H3;2-12,15-16H,1H2;2*4-6H,1-3H3;;;;;;;4*1H;;/q2*-1;2*-2;;;;;;;;;;;;;2*+2/p-4/t;;15-;12-,15?;;;;;;;;;;;;;;/m..01............../s1. The van der Waals surface area contributed by atoms with Crippen LogP contribution >= 0.6 is 57.2 Å². The summed E-state index contributed by atoms with van der Waals surface area (Å²) < 4.78 is 10.5. The van der Waals surface area contributed by atoms with Crippen LogP contribution in [-0.2, 0) is 35.8 Å². The Morgan fingerprint density at radius 1 is 0.354 bits per heavy atom. The molecule has 0 aliphatic rings. The summed E-state index contributed by atoms with van der Waals surface area (Å²) >= 11 is -0.691. The molecule has 2 N–H and O–H groups in total. The maximum atomic E-state index is 9.25. The molecule has 0 radical (unpaired) electrons. The predicted molar refractivity (Wildman–Crippen MR) is 469 cm³/mol. The quantitative estimate of drug-likeness (QED) is 0.0736. The fourth-order valence-corrected chi connectivity index (χ4v) is 14.1. The van der Waals surface area contributed by atoms with Crippen LogP contribution < -0.4 is 20.1 Å². The summed E-state index contributed by atoms with van der Waals surface area (Å²) in [5.41, 5.74) is 35.8. The van der Waals surface area contributed by atoms with E-state index in [1.165, 1.54) is 109 Å². The first-order chi connectivity index (χ1) is 51.4. The monoisotopic (exact) mass is 1940 g/mol. The molecule has 3 unspecified atom stereocenters. The van der Waals surface area contributed by atoms with Crippen molar-refractivity contribution in [2.45, 2.75) is 72.9 Å². The average molecular weight is 1940 g/mol. The Balaban J connectivity index is 0.000000678. The second-order valence-electron chi connectivity index (χ2n) is 26.6. The Kier molecular flexibility index (Phi) is 57.4. The third-order valence-corrected chi connectivity index (χ3v) is 19.4. The molecule has 0 amide bonds. The van der Waals surface area contributed by atoms with Crippen LogP contribution in [0.2, 0.25) is 0 Å². The Hall–Kier alpha value is 0.205. The van der Waals surface area contributed by atoms with E-state index >= 15 is 0 Å². The zero-order valence-corrected chi connectivity index (χ0v) is 77.7. The van der Waals surface area contributed by atoms with Crippen LogP contribution in [-0.4, -0.2) is 14.2 Å². The number of benzene rings is 14. The number of halogens is 4. The fraction of sp³-hybridized carbons (Fsp3) is 0.158. The fourth-order valence-electron chi connectivity index (χ4n) is 13.4. The molecule has 0 spiro atoms. The number of rotatable bonds is 11. The van der Waals surface area contributed by atoms with E-state index in [-0.39, 0.29) is 281 Å². The molecule has 14 aromatic rings. The molecule has 0 saturated carbocycles. The Morgan fingerprint density at radius 3 is 0.876 bits per heavy atom. The summed E-state index contributed by atoms with van der Waals surface area (Å²) in [5, 5.41) is 12.5. The number of hydrogen-bond acceptors (Lipinski definition) is 2. The van der Waals surface area contributed by atoms with Crippen LogP contribution in [0.15, 0.2) is 291 Å². The number of nitrogens with one attached hydrogen (secondary N) is 2. The van der Waals surface area contributed by atoms with E-state index in [0.717, 1.165) is 44.9 Å². The van der Waals surface area contributed by atoms with Crippen LogP contribution in [0, 0.1) is 308 Å². The van der Waals surface area contributed by atoms with Crippen molar-refractivity contribution in [1.82, 2.24) is 0 Å². The van der Waals surface area contributed by atoms with Crippen molar-refractivity contribution >= 4 is 111 Å².